The molecule has 1 aliphatic heterocycles. The quantitative estimate of drug-likeness (QED) is 0.701. The van der Waals surface area contributed by atoms with Gasteiger partial charge in [-0.05, 0) is 39.8 Å². The van der Waals surface area contributed by atoms with Crippen molar-refractivity contribution in [2.24, 2.45) is 0 Å². The Balaban J connectivity index is 2.38. The van der Waals surface area contributed by atoms with Crippen molar-refractivity contribution in [2.45, 2.75) is 46.1 Å². The number of nitrogens with zero attached hydrogens (tertiary/aromatic N) is 1. The van der Waals surface area contributed by atoms with Crippen LogP contribution in [0.3, 0.4) is 0 Å². The van der Waals surface area contributed by atoms with Crippen molar-refractivity contribution in [3.05, 3.63) is 11.6 Å². The van der Waals surface area contributed by atoms with E-state index in [0.29, 0.717) is 0 Å². The summed E-state index contributed by atoms with van der Waals surface area (Å²) in [7, 11) is 0. The second kappa shape index (κ2) is 7.02. The van der Waals surface area contributed by atoms with Crippen molar-refractivity contribution < 1.29 is 0 Å². The Morgan fingerprint density at radius 3 is 2.87 bits per heavy atom. The van der Waals surface area contributed by atoms with Crippen LogP contribution in [0.15, 0.2) is 11.6 Å². The molecule has 0 spiro atoms. The van der Waals surface area contributed by atoms with Gasteiger partial charge in [0.15, 0.2) is 0 Å². The lowest BCUT2D eigenvalue weighted by molar-refractivity contribution is 0.162. The van der Waals surface area contributed by atoms with Crippen LogP contribution in [0.2, 0.25) is 0 Å². The summed E-state index contributed by atoms with van der Waals surface area (Å²) in [5.41, 5.74) is 1.43. The average molecular weight is 210 g/mol. The van der Waals surface area contributed by atoms with Crippen LogP contribution in [0.1, 0.15) is 40.0 Å². The first-order valence-corrected chi connectivity index (χ1v) is 6.32. The molecule has 0 aromatic rings. The zero-order chi connectivity index (χ0) is 11.1. The number of allylic oxidation sites excluding steroid dienone is 1. The maximum atomic E-state index is 3.47. The van der Waals surface area contributed by atoms with Gasteiger partial charge in [0, 0.05) is 19.1 Å². The molecule has 1 unspecified atom stereocenters. The van der Waals surface area contributed by atoms with Crippen LogP contribution < -0.4 is 5.32 Å². The van der Waals surface area contributed by atoms with Gasteiger partial charge in [-0.1, -0.05) is 25.0 Å². The van der Waals surface area contributed by atoms with E-state index in [9.17, 15) is 0 Å². The van der Waals surface area contributed by atoms with E-state index in [2.05, 4.69) is 37.1 Å². The number of likely N-dealkylation sites (N-methyl/N-ethyl adjacent to an activating group) is 1. The highest BCUT2D eigenvalue weighted by molar-refractivity contribution is 4.96. The third kappa shape index (κ3) is 4.80. The van der Waals surface area contributed by atoms with E-state index in [4.69, 9.17) is 0 Å². The number of rotatable bonds is 5. The minimum absolute atomic E-state index is 0.759. The van der Waals surface area contributed by atoms with Crippen molar-refractivity contribution in [3.63, 3.8) is 0 Å². The molecule has 1 atom stereocenters. The Labute approximate surface area is 94.7 Å². The first-order chi connectivity index (χ1) is 7.24. The zero-order valence-corrected chi connectivity index (χ0v) is 10.6. The third-order valence-corrected chi connectivity index (χ3v) is 3.11. The minimum Gasteiger partial charge on any atom is -0.315 e. The van der Waals surface area contributed by atoms with Gasteiger partial charge in [0.2, 0.25) is 0 Å². The molecule has 2 heteroatoms. The van der Waals surface area contributed by atoms with Gasteiger partial charge < -0.3 is 5.32 Å². The second-order valence-corrected chi connectivity index (χ2v) is 4.73. The molecule has 0 bridgehead atoms. The van der Waals surface area contributed by atoms with Crippen molar-refractivity contribution in [1.29, 1.82) is 0 Å². The molecular weight excluding hydrogens is 184 g/mol. The smallest absolute Gasteiger partial charge is 0.0223 e. The van der Waals surface area contributed by atoms with Crippen LogP contribution in [-0.2, 0) is 0 Å². The van der Waals surface area contributed by atoms with Crippen molar-refractivity contribution in [2.75, 3.05) is 26.2 Å². The van der Waals surface area contributed by atoms with Gasteiger partial charge in [-0.3, -0.25) is 4.90 Å². The molecule has 15 heavy (non-hydrogen) atoms. The Hall–Kier alpha value is -0.340. The lowest BCUT2D eigenvalue weighted by Crippen LogP contribution is -2.45. The van der Waals surface area contributed by atoms with Gasteiger partial charge in [-0.25, -0.2) is 0 Å². The van der Waals surface area contributed by atoms with E-state index in [0.717, 1.165) is 25.7 Å². The predicted octanol–water partition coefficient (Wildman–Crippen LogP) is 2.42. The lowest BCUT2D eigenvalue weighted by Gasteiger charge is -2.35. The summed E-state index contributed by atoms with van der Waals surface area (Å²) in [5, 5.41) is 3.47. The summed E-state index contributed by atoms with van der Waals surface area (Å²) in [5.74, 6) is 0. The lowest BCUT2D eigenvalue weighted by atomic mass is 10.0. The van der Waals surface area contributed by atoms with E-state index in [1.54, 1.807) is 0 Å². The van der Waals surface area contributed by atoms with Crippen LogP contribution in [0.5, 0.6) is 0 Å². The molecule has 1 fully saturated rings. The highest BCUT2D eigenvalue weighted by Crippen LogP contribution is 2.16. The number of hydrogen-bond acceptors (Lipinski definition) is 2. The molecule has 0 aromatic heterocycles. The summed E-state index contributed by atoms with van der Waals surface area (Å²) >= 11 is 0. The molecule has 0 amide bonds. The van der Waals surface area contributed by atoms with Crippen molar-refractivity contribution >= 4 is 0 Å². The maximum absolute atomic E-state index is 3.47. The number of likely N-dealkylation sites (tertiary alicyclic amines) is 1. The SMILES string of the molecule is CCNCC1CCCCN1CC=C(C)C. The molecule has 1 N–H and O–H groups in total. The molecule has 1 rings (SSSR count). The van der Waals surface area contributed by atoms with E-state index in [-0.39, 0.29) is 0 Å². The minimum atomic E-state index is 0.759. The van der Waals surface area contributed by atoms with Crippen molar-refractivity contribution in [3.8, 4) is 0 Å². The fourth-order valence-corrected chi connectivity index (χ4v) is 2.14. The standard InChI is InChI=1S/C13H26N2/c1-4-14-11-13-7-5-6-9-15(13)10-8-12(2)3/h8,13-14H,4-7,9-11H2,1-3H3. The molecule has 1 saturated heterocycles. The molecular formula is C13H26N2. The second-order valence-electron chi connectivity index (χ2n) is 4.73. The van der Waals surface area contributed by atoms with Crippen LogP contribution in [0.4, 0.5) is 0 Å². The van der Waals surface area contributed by atoms with Gasteiger partial charge in [-0.15, -0.1) is 0 Å². The monoisotopic (exact) mass is 210 g/mol. The van der Waals surface area contributed by atoms with Gasteiger partial charge in [0.25, 0.3) is 0 Å². The molecule has 88 valence electrons. The Bertz CT molecular complexity index is 195. The fraction of sp³-hybridized carbons (Fsp3) is 0.846. The first-order valence-electron chi connectivity index (χ1n) is 6.32. The largest absolute Gasteiger partial charge is 0.315 e. The molecule has 0 saturated carbocycles. The van der Waals surface area contributed by atoms with Gasteiger partial charge in [-0.2, -0.15) is 0 Å². The maximum Gasteiger partial charge on any atom is 0.0223 e. The van der Waals surface area contributed by atoms with Crippen LogP contribution in [0, 0.1) is 0 Å². The Kier molecular flexibility index (Phi) is 5.96. The Morgan fingerprint density at radius 1 is 1.40 bits per heavy atom. The van der Waals surface area contributed by atoms with Crippen molar-refractivity contribution in [1.82, 2.24) is 10.2 Å². The first kappa shape index (κ1) is 12.7. The van der Waals surface area contributed by atoms with Gasteiger partial charge >= 0.3 is 0 Å². The highest BCUT2D eigenvalue weighted by Gasteiger charge is 2.20. The zero-order valence-electron chi connectivity index (χ0n) is 10.6. The molecule has 2 nitrogen and oxygen atoms in total. The average Bonchev–Trinajstić information content (AvgIpc) is 2.24. The van der Waals surface area contributed by atoms with E-state index < -0.39 is 0 Å². The highest BCUT2D eigenvalue weighted by atomic mass is 15.2. The molecule has 0 aromatic carbocycles. The van der Waals surface area contributed by atoms with Crippen LogP contribution in [-0.4, -0.2) is 37.1 Å². The summed E-state index contributed by atoms with van der Waals surface area (Å²) < 4.78 is 0. The third-order valence-electron chi connectivity index (χ3n) is 3.11. The summed E-state index contributed by atoms with van der Waals surface area (Å²) in [6, 6.07) is 0.759. The Morgan fingerprint density at radius 2 is 2.20 bits per heavy atom. The topological polar surface area (TPSA) is 15.3 Å². The van der Waals surface area contributed by atoms with Crippen LogP contribution in [0.25, 0.3) is 0 Å². The summed E-state index contributed by atoms with van der Waals surface area (Å²) in [6.45, 7) is 11.2. The van der Waals surface area contributed by atoms with E-state index in [1.807, 2.05) is 0 Å². The fourth-order valence-electron chi connectivity index (χ4n) is 2.14. The molecule has 1 aliphatic rings. The predicted molar refractivity (Wildman–Crippen MR) is 67.2 cm³/mol. The number of piperidine rings is 1. The summed E-state index contributed by atoms with van der Waals surface area (Å²) in [4.78, 5) is 2.62. The van der Waals surface area contributed by atoms with Gasteiger partial charge in [0.1, 0.15) is 0 Å². The molecule has 1 heterocycles. The molecule has 0 radical (unpaired) electrons. The van der Waals surface area contributed by atoms with E-state index in [1.165, 1.54) is 31.4 Å². The number of hydrogen-bond donors (Lipinski definition) is 1. The van der Waals surface area contributed by atoms with Crippen LogP contribution >= 0.6 is 0 Å². The van der Waals surface area contributed by atoms with E-state index >= 15 is 0 Å². The summed E-state index contributed by atoms with van der Waals surface area (Å²) in [6.07, 6.45) is 6.49. The number of nitrogens with one attached hydrogen (secondary N) is 1. The van der Waals surface area contributed by atoms with Gasteiger partial charge in [0.05, 0.1) is 0 Å². The molecule has 0 aliphatic carbocycles. The normalized spacial score (nSPS) is 22.7.